The fourth-order valence-electron chi connectivity index (χ4n) is 2.12. The molecule has 2 rings (SSSR count). The van der Waals surface area contributed by atoms with Gasteiger partial charge >= 0.3 is 0 Å². The Balaban J connectivity index is 2.08. The molecule has 0 amide bonds. The summed E-state index contributed by atoms with van der Waals surface area (Å²) in [6.45, 7) is 4.09. The van der Waals surface area contributed by atoms with Gasteiger partial charge in [0.05, 0.1) is 0 Å². The molecule has 2 aromatic rings. The lowest BCUT2D eigenvalue weighted by molar-refractivity contribution is 0.492. The van der Waals surface area contributed by atoms with Crippen LogP contribution in [0.5, 0.6) is 0 Å². The van der Waals surface area contributed by atoms with Crippen molar-refractivity contribution in [2.45, 2.75) is 25.9 Å². The van der Waals surface area contributed by atoms with Crippen LogP contribution in [0.2, 0.25) is 5.02 Å². The molecular formula is C16H17ClFN. The number of rotatable bonds is 4. The molecule has 2 aromatic carbocycles. The maximum Gasteiger partial charge on any atom is 0.123 e. The Labute approximate surface area is 118 Å². The van der Waals surface area contributed by atoms with Gasteiger partial charge in [0, 0.05) is 17.1 Å². The van der Waals surface area contributed by atoms with Gasteiger partial charge in [-0.3, -0.25) is 0 Å². The fourth-order valence-corrected chi connectivity index (χ4v) is 2.32. The van der Waals surface area contributed by atoms with Crippen LogP contribution in [0.4, 0.5) is 4.39 Å². The van der Waals surface area contributed by atoms with Gasteiger partial charge in [-0.1, -0.05) is 35.9 Å². The number of benzene rings is 2. The van der Waals surface area contributed by atoms with E-state index in [9.17, 15) is 4.39 Å². The summed E-state index contributed by atoms with van der Waals surface area (Å²) in [5, 5.41) is 4.17. The van der Waals surface area contributed by atoms with Crippen molar-refractivity contribution in [3.05, 3.63) is 70.5 Å². The van der Waals surface area contributed by atoms with Crippen molar-refractivity contribution in [1.82, 2.24) is 5.32 Å². The monoisotopic (exact) mass is 277 g/mol. The van der Waals surface area contributed by atoms with Crippen LogP contribution in [0, 0.1) is 5.82 Å². The molecule has 0 radical (unpaired) electrons. The van der Waals surface area contributed by atoms with Gasteiger partial charge in [-0.05, 0) is 49.2 Å². The molecule has 0 bridgehead atoms. The van der Waals surface area contributed by atoms with Gasteiger partial charge in [-0.2, -0.15) is 0 Å². The molecule has 0 fully saturated rings. The van der Waals surface area contributed by atoms with Crippen molar-refractivity contribution in [3.63, 3.8) is 0 Å². The SMILES string of the molecule is CC(NC(C)c1cccc(Cl)c1)c1cccc(F)c1. The topological polar surface area (TPSA) is 12.0 Å². The van der Waals surface area contributed by atoms with Crippen molar-refractivity contribution in [2.75, 3.05) is 0 Å². The number of halogens is 2. The molecule has 0 heterocycles. The van der Waals surface area contributed by atoms with Gasteiger partial charge in [0.15, 0.2) is 0 Å². The van der Waals surface area contributed by atoms with Crippen molar-refractivity contribution < 1.29 is 4.39 Å². The van der Waals surface area contributed by atoms with Crippen LogP contribution in [0.3, 0.4) is 0 Å². The summed E-state index contributed by atoms with van der Waals surface area (Å²) in [7, 11) is 0. The Hall–Kier alpha value is -1.38. The normalized spacial score (nSPS) is 14.1. The smallest absolute Gasteiger partial charge is 0.123 e. The van der Waals surface area contributed by atoms with Gasteiger partial charge in [-0.15, -0.1) is 0 Å². The lowest BCUT2D eigenvalue weighted by atomic mass is 10.0. The van der Waals surface area contributed by atoms with Gasteiger partial charge in [0.25, 0.3) is 0 Å². The number of nitrogens with one attached hydrogen (secondary N) is 1. The predicted molar refractivity (Wildman–Crippen MR) is 77.8 cm³/mol. The molecule has 19 heavy (non-hydrogen) atoms. The molecule has 1 N–H and O–H groups in total. The summed E-state index contributed by atoms with van der Waals surface area (Å²) in [5.74, 6) is -0.207. The van der Waals surface area contributed by atoms with Gasteiger partial charge in [-0.25, -0.2) is 4.39 Å². The van der Waals surface area contributed by atoms with E-state index in [1.807, 2.05) is 37.3 Å². The highest BCUT2D eigenvalue weighted by atomic mass is 35.5. The van der Waals surface area contributed by atoms with E-state index in [1.54, 1.807) is 12.1 Å². The minimum Gasteiger partial charge on any atom is -0.304 e. The fraction of sp³-hybridized carbons (Fsp3) is 0.250. The zero-order valence-electron chi connectivity index (χ0n) is 11.0. The summed E-state index contributed by atoms with van der Waals surface area (Å²) in [6, 6.07) is 14.6. The van der Waals surface area contributed by atoms with Crippen LogP contribution in [-0.2, 0) is 0 Å². The van der Waals surface area contributed by atoms with Crippen LogP contribution >= 0.6 is 11.6 Å². The Morgan fingerprint density at radius 3 is 2.11 bits per heavy atom. The van der Waals surface area contributed by atoms with Gasteiger partial charge in [0.2, 0.25) is 0 Å². The predicted octanol–water partition coefficient (Wildman–Crippen LogP) is 4.89. The highest BCUT2D eigenvalue weighted by molar-refractivity contribution is 6.30. The third-order valence-electron chi connectivity index (χ3n) is 3.20. The number of hydrogen-bond acceptors (Lipinski definition) is 1. The maximum atomic E-state index is 13.2. The second kappa shape index (κ2) is 6.18. The molecule has 100 valence electrons. The van der Waals surface area contributed by atoms with Crippen molar-refractivity contribution in [2.24, 2.45) is 0 Å². The largest absolute Gasteiger partial charge is 0.304 e. The van der Waals surface area contributed by atoms with E-state index in [1.165, 1.54) is 6.07 Å². The van der Waals surface area contributed by atoms with Crippen molar-refractivity contribution in [3.8, 4) is 0 Å². The molecule has 0 aliphatic carbocycles. The summed E-state index contributed by atoms with van der Waals surface area (Å²) in [4.78, 5) is 0. The molecule has 1 nitrogen and oxygen atoms in total. The van der Waals surface area contributed by atoms with E-state index in [2.05, 4.69) is 12.2 Å². The lowest BCUT2D eigenvalue weighted by Gasteiger charge is -2.21. The molecule has 0 saturated carbocycles. The Morgan fingerprint density at radius 2 is 1.53 bits per heavy atom. The molecule has 0 aliphatic heterocycles. The van der Waals surface area contributed by atoms with Crippen molar-refractivity contribution >= 4 is 11.6 Å². The quantitative estimate of drug-likeness (QED) is 0.839. The molecular weight excluding hydrogens is 261 g/mol. The third kappa shape index (κ3) is 3.79. The van der Waals surface area contributed by atoms with E-state index in [0.717, 1.165) is 16.1 Å². The second-order valence-corrected chi connectivity index (χ2v) is 5.16. The van der Waals surface area contributed by atoms with Gasteiger partial charge < -0.3 is 5.32 Å². The Bertz CT molecular complexity index is 506. The first kappa shape index (κ1) is 14.0. The van der Waals surface area contributed by atoms with E-state index < -0.39 is 0 Å². The zero-order valence-corrected chi connectivity index (χ0v) is 11.8. The molecule has 0 saturated heterocycles. The Morgan fingerprint density at radius 1 is 0.947 bits per heavy atom. The first-order chi connectivity index (χ1) is 9.06. The van der Waals surface area contributed by atoms with E-state index in [4.69, 9.17) is 11.6 Å². The molecule has 3 heteroatoms. The summed E-state index contributed by atoms with van der Waals surface area (Å²) < 4.78 is 13.2. The Kier molecular flexibility index (Phi) is 4.56. The van der Waals surface area contributed by atoms with E-state index in [-0.39, 0.29) is 17.9 Å². The average molecular weight is 278 g/mol. The maximum absolute atomic E-state index is 13.2. The van der Waals surface area contributed by atoms with Crippen LogP contribution in [0.25, 0.3) is 0 Å². The molecule has 2 unspecified atom stereocenters. The first-order valence-corrected chi connectivity index (χ1v) is 6.71. The minimum absolute atomic E-state index is 0.0738. The van der Waals surface area contributed by atoms with E-state index in [0.29, 0.717) is 0 Å². The second-order valence-electron chi connectivity index (χ2n) is 4.72. The highest BCUT2D eigenvalue weighted by Gasteiger charge is 2.11. The van der Waals surface area contributed by atoms with Gasteiger partial charge in [0.1, 0.15) is 5.82 Å². The zero-order chi connectivity index (χ0) is 13.8. The first-order valence-electron chi connectivity index (χ1n) is 6.33. The minimum atomic E-state index is -0.207. The van der Waals surface area contributed by atoms with Crippen LogP contribution in [0.15, 0.2) is 48.5 Å². The number of hydrogen-bond donors (Lipinski definition) is 1. The summed E-state index contributed by atoms with van der Waals surface area (Å²) in [5.41, 5.74) is 2.06. The molecule has 2 atom stereocenters. The third-order valence-corrected chi connectivity index (χ3v) is 3.43. The standard InChI is InChI=1S/C16H17ClFN/c1-11(13-5-3-7-15(17)9-13)19-12(2)14-6-4-8-16(18)10-14/h3-12,19H,1-2H3. The van der Waals surface area contributed by atoms with Crippen LogP contribution in [0.1, 0.15) is 37.1 Å². The summed E-state index contributed by atoms with van der Waals surface area (Å²) >= 11 is 5.99. The van der Waals surface area contributed by atoms with Crippen LogP contribution < -0.4 is 5.32 Å². The molecule has 0 spiro atoms. The molecule has 0 aromatic heterocycles. The summed E-state index contributed by atoms with van der Waals surface area (Å²) in [6.07, 6.45) is 0. The lowest BCUT2D eigenvalue weighted by Crippen LogP contribution is -2.22. The average Bonchev–Trinajstić information content (AvgIpc) is 2.38. The molecule has 0 aliphatic rings. The highest BCUT2D eigenvalue weighted by Crippen LogP contribution is 2.21. The van der Waals surface area contributed by atoms with E-state index >= 15 is 0 Å². The van der Waals surface area contributed by atoms with Crippen LogP contribution in [-0.4, -0.2) is 0 Å². The van der Waals surface area contributed by atoms with Crippen molar-refractivity contribution in [1.29, 1.82) is 0 Å².